The number of carbonyl (C=O) groups is 1. The van der Waals surface area contributed by atoms with E-state index in [4.69, 9.17) is 5.73 Å². The van der Waals surface area contributed by atoms with E-state index in [0.717, 1.165) is 12.8 Å². The molecule has 0 aliphatic rings. The summed E-state index contributed by atoms with van der Waals surface area (Å²) in [7, 11) is 0. The van der Waals surface area contributed by atoms with Crippen LogP contribution in [0, 0.1) is 10.1 Å². The van der Waals surface area contributed by atoms with Crippen molar-refractivity contribution >= 4 is 33.2 Å². The number of carbonyl (C=O) groups excluding carboxylic acids is 1. The van der Waals surface area contributed by atoms with Crippen molar-refractivity contribution in [3.8, 4) is 0 Å². The van der Waals surface area contributed by atoms with Gasteiger partial charge >= 0.3 is 0 Å². The van der Waals surface area contributed by atoms with Gasteiger partial charge < -0.3 is 11.1 Å². The van der Waals surface area contributed by atoms with E-state index in [1.165, 1.54) is 18.2 Å². The fourth-order valence-corrected chi connectivity index (χ4v) is 2.06. The highest BCUT2D eigenvalue weighted by Gasteiger charge is 2.12. The molecule has 0 fully saturated rings. The van der Waals surface area contributed by atoms with E-state index in [1.54, 1.807) is 0 Å². The molecule has 19 heavy (non-hydrogen) atoms. The van der Waals surface area contributed by atoms with Crippen molar-refractivity contribution in [1.82, 2.24) is 0 Å². The molecule has 0 saturated heterocycles. The molecule has 1 aromatic carbocycles. The number of nitrogens with two attached hydrogens (primary N) is 1. The highest BCUT2D eigenvalue weighted by Crippen LogP contribution is 2.27. The second kappa shape index (κ2) is 7.20. The van der Waals surface area contributed by atoms with Crippen molar-refractivity contribution in [1.29, 1.82) is 0 Å². The van der Waals surface area contributed by atoms with Gasteiger partial charge in [0.05, 0.1) is 9.40 Å². The average Bonchev–Trinajstić information content (AvgIpc) is 2.27. The summed E-state index contributed by atoms with van der Waals surface area (Å²) in [6.45, 7) is 1.89. The predicted octanol–water partition coefficient (Wildman–Crippen LogP) is 2.81. The molecule has 0 radical (unpaired) electrons. The monoisotopic (exact) mass is 329 g/mol. The lowest BCUT2D eigenvalue weighted by molar-refractivity contribution is -0.385. The number of amides is 1. The molecule has 6 nitrogen and oxygen atoms in total. The zero-order valence-electron chi connectivity index (χ0n) is 10.6. The Morgan fingerprint density at radius 1 is 1.58 bits per heavy atom. The summed E-state index contributed by atoms with van der Waals surface area (Å²) in [4.78, 5) is 21.8. The van der Waals surface area contributed by atoms with Gasteiger partial charge in [0.25, 0.3) is 5.69 Å². The van der Waals surface area contributed by atoms with E-state index in [0.29, 0.717) is 16.6 Å². The molecule has 0 spiro atoms. The van der Waals surface area contributed by atoms with Gasteiger partial charge in [0.2, 0.25) is 5.91 Å². The normalized spacial score (nSPS) is 11.9. The van der Waals surface area contributed by atoms with E-state index in [9.17, 15) is 14.9 Å². The standard InChI is InChI=1S/C12H16BrN3O3/c1-8(14)3-2-4-12(17)15-9-5-6-11(16(18)19)10(13)7-9/h5-8H,2-4,14H2,1H3,(H,15,17). The Balaban J connectivity index is 2.55. The zero-order valence-corrected chi connectivity index (χ0v) is 12.1. The first-order chi connectivity index (χ1) is 8.90. The Morgan fingerprint density at radius 2 is 2.26 bits per heavy atom. The van der Waals surface area contributed by atoms with Crippen LogP contribution in [0.1, 0.15) is 26.2 Å². The molecule has 1 atom stereocenters. The minimum Gasteiger partial charge on any atom is -0.328 e. The number of nitro benzene ring substituents is 1. The van der Waals surface area contributed by atoms with Crippen molar-refractivity contribution in [2.24, 2.45) is 5.73 Å². The second-order valence-corrected chi connectivity index (χ2v) is 5.20. The zero-order chi connectivity index (χ0) is 14.4. The molecule has 1 unspecified atom stereocenters. The van der Waals surface area contributed by atoms with Gasteiger partial charge in [0.15, 0.2) is 0 Å². The Kier molecular flexibility index (Phi) is 5.91. The van der Waals surface area contributed by atoms with Gasteiger partial charge in [-0.05, 0) is 47.8 Å². The lowest BCUT2D eigenvalue weighted by atomic mass is 10.1. The number of nitrogens with one attached hydrogen (secondary N) is 1. The molecule has 0 saturated carbocycles. The summed E-state index contributed by atoms with van der Waals surface area (Å²) in [6.07, 6.45) is 1.89. The van der Waals surface area contributed by atoms with Crippen molar-refractivity contribution in [3.63, 3.8) is 0 Å². The summed E-state index contributed by atoms with van der Waals surface area (Å²) >= 11 is 3.10. The summed E-state index contributed by atoms with van der Waals surface area (Å²) in [5.41, 5.74) is 6.09. The first kappa shape index (κ1) is 15.6. The van der Waals surface area contributed by atoms with Gasteiger partial charge in [-0.2, -0.15) is 0 Å². The number of halogens is 1. The molecular formula is C12H16BrN3O3. The first-order valence-electron chi connectivity index (χ1n) is 5.89. The third-order valence-electron chi connectivity index (χ3n) is 2.49. The molecule has 1 rings (SSSR count). The number of anilines is 1. The SMILES string of the molecule is CC(N)CCCC(=O)Nc1ccc([N+](=O)[O-])c(Br)c1. The van der Waals surface area contributed by atoms with Gasteiger partial charge in [0, 0.05) is 24.2 Å². The molecule has 1 amide bonds. The second-order valence-electron chi connectivity index (χ2n) is 4.34. The number of nitro groups is 1. The number of rotatable bonds is 6. The van der Waals surface area contributed by atoms with E-state index in [1.807, 2.05) is 6.92 Å². The van der Waals surface area contributed by atoms with E-state index < -0.39 is 4.92 Å². The van der Waals surface area contributed by atoms with Gasteiger partial charge in [0.1, 0.15) is 0 Å². The molecule has 0 aliphatic heterocycles. The molecule has 1 aromatic rings. The molecule has 7 heteroatoms. The van der Waals surface area contributed by atoms with Crippen molar-refractivity contribution in [2.75, 3.05) is 5.32 Å². The fourth-order valence-electron chi connectivity index (χ4n) is 1.54. The van der Waals surface area contributed by atoms with Gasteiger partial charge in [-0.1, -0.05) is 0 Å². The Hall–Kier alpha value is -1.47. The highest BCUT2D eigenvalue weighted by atomic mass is 79.9. The molecule has 0 aromatic heterocycles. The molecule has 0 bridgehead atoms. The van der Waals surface area contributed by atoms with Crippen LogP contribution in [0.3, 0.4) is 0 Å². The van der Waals surface area contributed by atoms with Crippen LogP contribution in [0.4, 0.5) is 11.4 Å². The van der Waals surface area contributed by atoms with E-state index in [2.05, 4.69) is 21.2 Å². The van der Waals surface area contributed by atoms with Crippen LogP contribution >= 0.6 is 15.9 Å². The van der Waals surface area contributed by atoms with Gasteiger partial charge in [-0.15, -0.1) is 0 Å². The van der Waals surface area contributed by atoms with Crippen LogP contribution in [-0.2, 0) is 4.79 Å². The fraction of sp³-hybridized carbons (Fsp3) is 0.417. The summed E-state index contributed by atoms with van der Waals surface area (Å²) in [6, 6.07) is 4.46. The van der Waals surface area contributed by atoms with Crippen LogP contribution in [0.15, 0.2) is 22.7 Å². The Morgan fingerprint density at radius 3 is 2.79 bits per heavy atom. The van der Waals surface area contributed by atoms with Crippen LogP contribution in [-0.4, -0.2) is 16.9 Å². The Labute approximate surface area is 119 Å². The number of hydrogen-bond donors (Lipinski definition) is 2. The van der Waals surface area contributed by atoms with E-state index in [-0.39, 0.29) is 17.6 Å². The van der Waals surface area contributed by atoms with Crippen molar-refractivity contribution < 1.29 is 9.72 Å². The lowest BCUT2D eigenvalue weighted by Crippen LogP contribution is -2.16. The van der Waals surface area contributed by atoms with Crippen molar-refractivity contribution in [2.45, 2.75) is 32.2 Å². The summed E-state index contributed by atoms with van der Waals surface area (Å²) in [5, 5.41) is 13.3. The minimum atomic E-state index is -0.488. The molecule has 0 heterocycles. The van der Waals surface area contributed by atoms with E-state index >= 15 is 0 Å². The number of nitrogens with zero attached hydrogens (tertiary/aromatic N) is 1. The maximum Gasteiger partial charge on any atom is 0.283 e. The first-order valence-corrected chi connectivity index (χ1v) is 6.69. The lowest BCUT2D eigenvalue weighted by Gasteiger charge is -2.07. The third kappa shape index (κ3) is 5.35. The summed E-state index contributed by atoms with van der Waals surface area (Å²) in [5.74, 6) is -0.124. The largest absolute Gasteiger partial charge is 0.328 e. The average molecular weight is 330 g/mol. The smallest absolute Gasteiger partial charge is 0.283 e. The Bertz CT molecular complexity index is 477. The topological polar surface area (TPSA) is 98.3 Å². The van der Waals surface area contributed by atoms with Crippen LogP contribution < -0.4 is 11.1 Å². The summed E-state index contributed by atoms with van der Waals surface area (Å²) < 4.78 is 0.339. The highest BCUT2D eigenvalue weighted by molar-refractivity contribution is 9.10. The van der Waals surface area contributed by atoms with Gasteiger partial charge in [-0.25, -0.2) is 0 Å². The molecule has 3 N–H and O–H groups in total. The molecule has 0 aliphatic carbocycles. The molecule has 104 valence electrons. The quantitative estimate of drug-likeness (QED) is 0.619. The predicted molar refractivity (Wildman–Crippen MR) is 76.9 cm³/mol. The minimum absolute atomic E-state index is 0.0324. The maximum atomic E-state index is 11.6. The third-order valence-corrected chi connectivity index (χ3v) is 3.13. The van der Waals surface area contributed by atoms with Crippen LogP contribution in [0.5, 0.6) is 0 Å². The van der Waals surface area contributed by atoms with Gasteiger partial charge in [-0.3, -0.25) is 14.9 Å². The maximum absolute atomic E-state index is 11.6. The molecular weight excluding hydrogens is 314 g/mol. The number of hydrogen-bond acceptors (Lipinski definition) is 4. The van der Waals surface area contributed by atoms with Crippen LogP contribution in [0.25, 0.3) is 0 Å². The number of benzene rings is 1. The van der Waals surface area contributed by atoms with Crippen molar-refractivity contribution in [3.05, 3.63) is 32.8 Å². The van der Waals surface area contributed by atoms with Crippen LogP contribution in [0.2, 0.25) is 0 Å².